The second kappa shape index (κ2) is 23.1. The van der Waals surface area contributed by atoms with Gasteiger partial charge in [-0.2, -0.15) is 0 Å². The summed E-state index contributed by atoms with van der Waals surface area (Å²) < 4.78 is 0. The molecule has 0 radical (unpaired) electrons. The molecule has 6 atom stereocenters. The van der Waals surface area contributed by atoms with Crippen molar-refractivity contribution in [3.8, 4) is 0 Å². The highest BCUT2D eigenvalue weighted by Crippen LogP contribution is 2.11. The highest BCUT2D eigenvalue weighted by molar-refractivity contribution is 5.97. The second-order valence-corrected chi connectivity index (χ2v) is 14.3. The topological polar surface area (TPSA) is 278 Å². The zero-order valence-corrected chi connectivity index (χ0v) is 31.3. The molecule has 16 nitrogen and oxygen atoms in total. The van der Waals surface area contributed by atoms with Gasteiger partial charge in [-0.25, -0.2) is 4.79 Å². The number of hydrogen-bond donors (Lipinski definition) is 9. The van der Waals surface area contributed by atoms with E-state index in [9.17, 15) is 38.7 Å². The smallest absolute Gasteiger partial charge is 0.326 e. The summed E-state index contributed by atoms with van der Waals surface area (Å²) in [5.41, 5.74) is 17.8. The first-order valence-corrected chi connectivity index (χ1v) is 17.9. The number of nitrogens with one attached hydrogen (secondary N) is 5. The highest BCUT2D eigenvalue weighted by atomic mass is 16.4. The maximum atomic E-state index is 14.0. The number of unbranched alkanes of at least 4 members (excludes halogenated alkanes) is 1. The maximum absolute atomic E-state index is 14.0. The molecular weight excluding hydrogens is 672 g/mol. The van der Waals surface area contributed by atoms with Gasteiger partial charge in [-0.3, -0.25) is 28.8 Å². The molecule has 0 aliphatic rings. The van der Waals surface area contributed by atoms with Gasteiger partial charge in [0.15, 0.2) is 0 Å². The molecule has 0 saturated carbocycles. The van der Waals surface area contributed by atoms with E-state index in [1.165, 1.54) is 0 Å². The first-order chi connectivity index (χ1) is 24.4. The standard InChI is InChI=1S/C36H60N8O8/c1-20(2)16-24(38)31(46)40-25(14-10-11-15-37)32(47)42-27(18-23-12-8-7-9-13-23)34(49)41-26(17-21(3)4)33(48)43-28(19-29(39)45)35(50)44-30(22(5)6)36(51)52/h7-9,12-13,20-22,24-28,30H,10-11,14-19,37-38H2,1-6H3,(H2,39,45)(H,40,46)(H,41,49)(H,42,47)(H,43,48)(H,44,50)(H,51,52)/t24-,25-,26-,27-,28-,30-/m0/s1. The van der Waals surface area contributed by atoms with Gasteiger partial charge in [0, 0.05) is 6.42 Å². The summed E-state index contributed by atoms with van der Waals surface area (Å²) in [6.07, 6.45) is 1.26. The van der Waals surface area contributed by atoms with Gasteiger partial charge >= 0.3 is 5.97 Å². The summed E-state index contributed by atoms with van der Waals surface area (Å²) in [7, 11) is 0. The fraction of sp³-hybridized carbons (Fsp3) is 0.639. The molecular formula is C36H60N8O8. The number of carboxylic acid groups (broad SMARTS) is 1. The number of carboxylic acids is 1. The van der Waals surface area contributed by atoms with Crippen LogP contribution in [0.4, 0.5) is 0 Å². The molecule has 0 aliphatic heterocycles. The summed E-state index contributed by atoms with van der Waals surface area (Å²) >= 11 is 0. The minimum Gasteiger partial charge on any atom is -0.480 e. The lowest BCUT2D eigenvalue weighted by Gasteiger charge is -2.28. The van der Waals surface area contributed by atoms with Crippen molar-refractivity contribution >= 4 is 41.4 Å². The third kappa shape index (κ3) is 17.1. The van der Waals surface area contributed by atoms with Crippen LogP contribution < -0.4 is 43.8 Å². The fourth-order valence-corrected chi connectivity index (χ4v) is 5.41. The molecule has 0 saturated heterocycles. The Morgan fingerprint density at radius 3 is 1.67 bits per heavy atom. The Balaban J connectivity index is 3.38. The number of carbonyl (C=O) groups is 7. The lowest BCUT2D eigenvalue weighted by molar-refractivity contribution is -0.143. The van der Waals surface area contributed by atoms with Crippen molar-refractivity contribution in [1.82, 2.24) is 26.6 Å². The number of primary amides is 1. The Kier molecular flexibility index (Phi) is 20.2. The lowest BCUT2D eigenvalue weighted by Crippen LogP contribution is -2.60. The summed E-state index contributed by atoms with van der Waals surface area (Å²) in [6.45, 7) is 11.0. The van der Waals surface area contributed by atoms with Gasteiger partial charge in [-0.15, -0.1) is 0 Å². The van der Waals surface area contributed by atoms with Gasteiger partial charge in [0.1, 0.15) is 30.2 Å². The predicted molar refractivity (Wildman–Crippen MR) is 196 cm³/mol. The maximum Gasteiger partial charge on any atom is 0.326 e. The van der Waals surface area contributed by atoms with Crippen LogP contribution in [0, 0.1) is 17.8 Å². The first kappa shape index (κ1) is 45.5. The van der Waals surface area contributed by atoms with Crippen LogP contribution in [0.25, 0.3) is 0 Å². The number of rotatable bonds is 24. The Labute approximate surface area is 306 Å². The molecule has 1 aromatic carbocycles. The van der Waals surface area contributed by atoms with Crippen molar-refractivity contribution in [2.45, 2.75) is 123 Å². The minimum absolute atomic E-state index is 0.0310. The monoisotopic (exact) mass is 732 g/mol. The van der Waals surface area contributed by atoms with Crippen molar-refractivity contribution < 1.29 is 38.7 Å². The van der Waals surface area contributed by atoms with Crippen LogP contribution >= 0.6 is 0 Å². The summed E-state index contributed by atoms with van der Waals surface area (Å²) in [5.74, 6) is -6.35. The van der Waals surface area contributed by atoms with Crippen LogP contribution in [0.2, 0.25) is 0 Å². The van der Waals surface area contributed by atoms with E-state index in [0.29, 0.717) is 31.4 Å². The summed E-state index contributed by atoms with van der Waals surface area (Å²) in [5, 5.41) is 22.5. The normalized spacial score (nSPS) is 14.8. The van der Waals surface area contributed by atoms with Crippen molar-refractivity contribution in [2.75, 3.05) is 6.54 Å². The SMILES string of the molecule is CC(C)C[C@H](NC(=O)[C@H](Cc1ccccc1)NC(=O)[C@H](CCCCN)NC(=O)[C@@H](N)CC(C)C)C(=O)N[C@@H](CC(N)=O)C(=O)N[C@H](C(=O)O)C(C)C. The van der Waals surface area contributed by atoms with Gasteiger partial charge < -0.3 is 48.9 Å². The van der Waals surface area contributed by atoms with Crippen LogP contribution in [0.1, 0.15) is 85.6 Å². The molecule has 0 aromatic heterocycles. The van der Waals surface area contributed by atoms with Crippen LogP contribution in [0.15, 0.2) is 30.3 Å². The molecule has 0 spiro atoms. The Bertz CT molecular complexity index is 1340. The zero-order valence-electron chi connectivity index (χ0n) is 31.3. The molecule has 0 unspecified atom stereocenters. The Morgan fingerprint density at radius 2 is 1.15 bits per heavy atom. The summed E-state index contributed by atoms with van der Waals surface area (Å²) in [4.78, 5) is 90.9. The number of carbonyl (C=O) groups excluding carboxylic acids is 6. The molecule has 1 aromatic rings. The van der Waals surface area contributed by atoms with Crippen LogP contribution in [-0.4, -0.2) is 89.3 Å². The van der Waals surface area contributed by atoms with E-state index >= 15 is 0 Å². The number of aliphatic carboxylic acids is 1. The third-order valence-electron chi connectivity index (χ3n) is 8.17. The fourth-order valence-electron chi connectivity index (χ4n) is 5.41. The van der Waals surface area contributed by atoms with Crippen LogP contribution in [0.5, 0.6) is 0 Å². The molecule has 0 fully saturated rings. The van der Waals surface area contributed by atoms with Gasteiger partial charge in [0.2, 0.25) is 35.4 Å². The molecule has 0 bridgehead atoms. The van der Waals surface area contributed by atoms with Crippen molar-refractivity contribution in [1.29, 1.82) is 0 Å². The quantitative estimate of drug-likeness (QED) is 0.0632. The van der Waals surface area contributed by atoms with Gasteiger partial charge in [-0.05, 0) is 62.0 Å². The Morgan fingerprint density at radius 1 is 0.654 bits per heavy atom. The zero-order chi connectivity index (χ0) is 39.5. The number of hydrogen-bond acceptors (Lipinski definition) is 9. The molecule has 292 valence electrons. The average molecular weight is 733 g/mol. The predicted octanol–water partition coefficient (Wildman–Crippen LogP) is -0.182. The number of nitrogens with two attached hydrogens (primary N) is 3. The average Bonchev–Trinajstić information content (AvgIpc) is 3.04. The molecule has 0 aliphatic carbocycles. The first-order valence-electron chi connectivity index (χ1n) is 17.9. The molecule has 0 heterocycles. The lowest BCUT2D eigenvalue weighted by atomic mass is 9.99. The second-order valence-electron chi connectivity index (χ2n) is 14.3. The minimum atomic E-state index is -1.53. The van der Waals surface area contributed by atoms with Crippen molar-refractivity contribution in [3.05, 3.63) is 35.9 Å². The third-order valence-corrected chi connectivity index (χ3v) is 8.17. The molecule has 6 amide bonds. The number of amides is 6. The van der Waals surface area contributed by atoms with Crippen LogP contribution in [-0.2, 0) is 40.0 Å². The number of benzene rings is 1. The van der Waals surface area contributed by atoms with E-state index in [-0.39, 0.29) is 31.1 Å². The van der Waals surface area contributed by atoms with E-state index in [1.54, 1.807) is 44.2 Å². The molecule has 12 N–H and O–H groups in total. The largest absolute Gasteiger partial charge is 0.480 e. The van der Waals surface area contributed by atoms with E-state index in [0.717, 1.165) is 0 Å². The molecule has 52 heavy (non-hydrogen) atoms. The highest BCUT2D eigenvalue weighted by Gasteiger charge is 2.34. The van der Waals surface area contributed by atoms with Crippen molar-refractivity contribution in [2.24, 2.45) is 35.0 Å². The van der Waals surface area contributed by atoms with Crippen LogP contribution in [0.3, 0.4) is 0 Å². The van der Waals surface area contributed by atoms with Gasteiger partial charge in [0.05, 0.1) is 12.5 Å². The van der Waals surface area contributed by atoms with E-state index in [1.807, 2.05) is 27.7 Å². The van der Waals surface area contributed by atoms with E-state index in [4.69, 9.17) is 17.2 Å². The van der Waals surface area contributed by atoms with E-state index < -0.39 is 90.0 Å². The Hall–Kier alpha value is -4.57. The molecule has 16 heteroatoms. The van der Waals surface area contributed by atoms with E-state index in [2.05, 4.69) is 26.6 Å². The van der Waals surface area contributed by atoms with Crippen molar-refractivity contribution in [3.63, 3.8) is 0 Å². The van der Waals surface area contributed by atoms with Gasteiger partial charge in [0.25, 0.3) is 0 Å². The summed E-state index contributed by atoms with van der Waals surface area (Å²) in [6, 6.07) is 1.73. The van der Waals surface area contributed by atoms with Gasteiger partial charge in [-0.1, -0.05) is 71.9 Å². The molecule has 1 rings (SSSR count).